The van der Waals surface area contributed by atoms with Crippen LogP contribution in [0, 0.1) is 11.8 Å². The van der Waals surface area contributed by atoms with E-state index in [9.17, 15) is 0 Å². The van der Waals surface area contributed by atoms with Crippen molar-refractivity contribution >= 4 is 0 Å². The molecule has 0 N–H and O–H groups in total. The fourth-order valence-corrected chi connectivity index (χ4v) is 3.52. The first-order chi connectivity index (χ1) is 8.61. The van der Waals surface area contributed by atoms with E-state index in [1.807, 2.05) is 0 Å². The van der Waals surface area contributed by atoms with Gasteiger partial charge in [0, 0.05) is 0 Å². The fourth-order valence-electron chi connectivity index (χ4n) is 3.52. The molecule has 0 radical (unpaired) electrons. The summed E-state index contributed by atoms with van der Waals surface area (Å²) in [6.07, 6.45) is 5.57. The predicted octanol–water partition coefficient (Wildman–Crippen LogP) is 5.74. The Hall–Kier alpha value is -0.780. The van der Waals surface area contributed by atoms with Crippen molar-refractivity contribution in [2.75, 3.05) is 0 Å². The molecule has 0 aromatic heterocycles. The van der Waals surface area contributed by atoms with E-state index in [1.165, 1.54) is 31.2 Å². The molecule has 1 aromatic rings. The largest absolute Gasteiger partial charge is 0.0651 e. The smallest absolute Gasteiger partial charge is 0.0159 e. The quantitative estimate of drug-likeness (QED) is 0.636. The first-order valence-electron chi connectivity index (χ1n) is 7.71. The second-order valence-corrected chi connectivity index (χ2v) is 6.48. The van der Waals surface area contributed by atoms with E-state index < -0.39 is 0 Å². The standard InChI is InChI=1S/C18H28/c1-5-15-6-11-18(12-14(15)4)17-9-7-16(8-10-17)13(2)3/h7-10,13-15,18H,5-6,11-12H2,1-4H3. The van der Waals surface area contributed by atoms with Crippen LogP contribution in [-0.2, 0) is 0 Å². The van der Waals surface area contributed by atoms with Gasteiger partial charge < -0.3 is 0 Å². The lowest BCUT2D eigenvalue weighted by Gasteiger charge is -2.34. The monoisotopic (exact) mass is 244 g/mol. The van der Waals surface area contributed by atoms with Crippen LogP contribution in [-0.4, -0.2) is 0 Å². The van der Waals surface area contributed by atoms with Crippen molar-refractivity contribution < 1.29 is 0 Å². The second kappa shape index (κ2) is 5.91. The van der Waals surface area contributed by atoms with E-state index in [0.29, 0.717) is 5.92 Å². The zero-order valence-electron chi connectivity index (χ0n) is 12.4. The third-order valence-electron chi connectivity index (χ3n) is 4.95. The molecule has 0 nitrogen and oxygen atoms in total. The van der Waals surface area contributed by atoms with Gasteiger partial charge in [-0.15, -0.1) is 0 Å². The van der Waals surface area contributed by atoms with Crippen LogP contribution in [0.3, 0.4) is 0 Å². The van der Waals surface area contributed by atoms with Crippen LogP contribution in [0.15, 0.2) is 24.3 Å². The minimum atomic E-state index is 0.647. The molecule has 0 spiro atoms. The van der Waals surface area contributed by atoms with Crippen molar-refractivity contribution in [1.29, 1.82) is 0 Å². The Morgan fingerprint density at radius 2 is 1.78 bits per heavy atom. The molecule has 1 fully saturated rings. The molecular weight excluding hydrogens is 216 g/mol. The van der Waals surface area contributed by atoms with Crippen LogP contribution in [0.2, 0.25) is 0 Å². The van der Waals surface area contributed by atoms with Crippen LogP contribution in [0.25, 0.3) is 0 Å². The van der Waals surface area contributed by atoms with Crippen LogP contribution < -0.4 is 0 Å². The third kappa shape index (κ3) is 2.96. The highest BCUT2D eigenvalue weighted by Gasteiger charge is 2.27. The van der Waals surface area contributed by atoms with Gasteiger partial charge in [-0.3, -0.25) is 0 Å². The summed E-state index contributed by atoms with van der Waals surface area (Å²) in [5, 5.41) is 0. The summed E-state index contributed by atoms with van der Waals surface area (Å²) in [6, 6.07) is 9.41. The van der Waals surface area contributed by atoms with Crippen molar-refractivity contribution in [3.8, 4) is 0 Å². The Bertz CT molecular complexity index is 360. The van der Waals surface area contributed by atoms with Crippen LogP contribution >= 0.6 is 0 Å². The maximum absolute atomic E-state index is 2.45. The predicted molar refractivity (Wildman–Crippen MR) is 80.1 cm³/mol. The van der Waals surface area contributed by atoms with Gasteiger partial charge >= 0.3 is 0 Å². The third-order valence-corrected chi connectivity index (χ3v) is 4.95. The summed E-state index contributed by atoms with van der Waals surface area (Å²) in [6.45, 7) is 9.33. The lowest BCUT2D eigenvalue weighted by atomic mass is 9.72. The zero-order chi connectivity index (χ0) is 13.1. The summed E-state index contributed by atoms with van der Waals surface area (Å²) in [5.41, 5.74) is 3.04. The van der Waals surface area contributed by atoms with Crippen molar-refractivity contribution in [2.24, 2.45) is 11.8 Å². The van der Waals surface area contributed by atoms with Gasteiger partial charge in [0.1, 0.15) is 0 Å². The Morgan fingerprint density at radius 3 is 2.28 bits per heavy atom. The summed E-state index contributed by atoms with van der Waals surface area (Å²) in [4.78, 5) is 0. The molecule has 3 atom stereocenters. The highest BCUT2D eigenvalue weighted by molar-refractivity contribution is 5.27. The van der Waals surface area contributed by atoms with Crippen molar-refractivity contribution in [3.05, 3.63) is 35.4 Å². The van der Waals surface area contributed by atoms with Gasteiger partial charge in [0.2, 0.25) is 0 Å². The molecule has 1 saturated carbocycles. The Kier molecular flexibility index (Phi) is 4.48. The van der Waals surface area contributed by atoms with E-state index in [1.54, 1.807) is 5.56 Å². The van der Waals surface area contributed by atoms with Crippen LogP contribution in [0.1, 0.15) is 76.3 Å². The summed E-state index contributed by atoms with van der Waals surface area (Å²) >= 11 is 0. The average Bonchev–Trinajstić information content (AvgIpc) is 2.38. The molecule has 2 rings (SSSR count). The molecule has 18 heavy (non-hydrogen) atoms. The highest BCUT2D eigenvalue weighted by Crippen LogP contribution is 2.40. The molecule has 0 heterocycles. The normalized spacial score (nSPS) is 28.6. The summed E-state index contributed by atoms with van der Waals surface area (Å²) in [5.74, 6) is 3.33. The first kappa shape index (κ1) is 13.6. The van der Waals surface area contributed by atoms with Gasteiger partial charge in [0.05, 0.1) is 0 Å². The number of benzene rings is 1. The number of rotatable bonds is 3. The lowest BCUT2D eigenvalue weighted by molar-refractivity contribution is 0.226. The molecule has 1 aliphatic rings. The molecule has 1 aromatic carbocycles. The van der Waals surface area contributed by atoms with E-state index in [2.05, 4.69) is 52.0 Å². The molecule has 0 bridgehead atoms. The van der Waals surface area contributed by atoms with E-state index >= 15 is 0 Å². The summed E-state index contributed by atoms with van der Waals surface area (Å²) in [7, 11) is 0. The molecule has 0 aliphatic heterocycles. The molecule has 0 amide bonds. The second-order valence-electron chi connectivity index (χ2n) is 6.48. The van der Waals surface area contributed by atoms with Gasteiger partial charge in [-0.1, -0.05) is 58.4 Å². The fraction of sp³-hybridized carbons (Fsp3) is 0.667. The topological polar surface area (TPSA) is 0 Å². The molecular formula is C18H28. The molecule has 100 valence electrons. The van der Waals surface area contributed by atoms with Gasteiger partial charge in [0.15, 0.2) is 0 Å². The Balaban J connectivity index is 2.04. The van der Waals surface area contributed by atoms with Gasteiger partial charge in [-0.2, -0.15) is 0 Å². The van der Waals surface area contributed by atoms with E-state index in [0.717, 1.165) is 17.8 Å². The van der Waals surface area contributed by atoms with E-state index in [-0.39, 0.29) is 0 Å². The van der Waals surface area contributed by atoms with Crippen LogP contribution in [0.5, 0.6) is 0 Å². The van der Waals surface area contributed by atoms with E-state index in [4.69, 9.17) is 0 Å². The average molecular weight is 244 g/mol. The van der Waals surface area contributed by atoms with Crippen molar-refractivity contribution in [3.63, 3.8) is 0 Å². The maximum atomic E-state index is 2.45. The minimum absolute atomic E-state index is 0.647. The first-order valence-corrected chi connectivity index (χ1v) is 7.71. The number of hydrogen-bond acceptors (Lipinski definition) is 0. The van der Waals surface area contributed by atoms with Gasteiger partial charge in [-0.05, 0) is 54.1 Å². The lowest BCUT2D eigenvalue weighted by Crippen LogP contribution is -2.21. The number of hydrogen-bond donors (Lipinski definition) is 0. The Morgan fingerprint density at radius 1 is 1.11 bits per heavy atom. The van der Waals surface area contributed by atoms with Gasteiger partial charge in [0.25, 0.3) is 0 Å². The maximum Gasteiger partial charge on any atom is -0.0159 e. The SMILES string of the molecule is CCC1CCC(c2ccc(C(C)C)cc2)CC1C. The highest BCUT2D eigenvalue weighted by atomic mass is 14.3. The molecule has 1 aliphatic carbocycles. The zero-order valence-corrected chi connectivity index (χ0v) is 12.4. The molecule has 0 saturated heterocycles. The molecule has 0 heteroatoms. The minimum Gasteiger partial charge on any atom is -0.0651 e. The van der Waals surface area contributed by atoms with Crippen LogP contribution in [0.4, 0.5) is 0 Å². The van der Waals surface area contributed by atoms with Gasteiger partial charge in [-0.25, -0.2) is 0 Å². The van der Waals surface area contributed by atoms with Crippen molar-refractivity contribution in [2.45, 2.75) is 65.2 Å². The summed E-state index contributed by atoms with van der Waals surface area (Å²) < 4.78 is 0. The Labute approximate surface area is 113 Å². The molecule has 3 unspecified atom stereocenters. The van der Waals surface area contributed by atoms with Crippen molar-refractivity contribution in [1.82, 2.24) is 0 Å².